The number of hydrogen-bond acceptors (Lipinski definition) is 6. The summed E-state index contributed by atoms with van der Waals surface area (Å²) in [4.78, 5) is 10.9. The van der Waals surface area contributed by atoms with Crippen molar-refractivity contribution in [3.8, 4) is 0 Å². The molecule has 0 spiro atoms. The van der Waals surface area contributed by atoms with Gasteiger partial charge in [-0.05, 0) is 50.7 Å². The van der Waals surface area contributed by atoms with Crippen molar-refractivity contribution in [2.45, 2.75) is 49.5 Å². The molecule has 3 rings (SSSR count). The van der Waals surface area contributed by atoms with E-state index in [4.69, 9.17) is 0 Å². The fraction of sp³-hybridized carbons (Fsp3) is 0.647. The number of rotatable bonds is 7. The number of aliphatic hydroxyl groups excluding tert-OH is 1. The van der Waals surface area contributed by atoms with E-state index in [-0.39, 0.29) is 28.8 Å². The molecule has 1 heterocycles. The number of nitro groups is 1. The summed E-state index contributed by atoms with van der Waals surface area (Å²) in [6, 6.07) is 3.96. The summed E-state index contributed by atoms with van der Waals surface area (Å²) >= 11 is 0. The van der Waals surface area contributed by atoms with Gasteiger partial charge in [0, 0.05) is 19.2 Å². The van der Waals surface area contributed by atoms with Crippen LogP contribution in [0.2, 0.25) is 0 Å². The molecule has 144 valence electrons. The third-order valence-corrected chi connectivity index (χ3v) is 7.24. The Hall–Kier alpha value is -1.71. The van der Waals surface area contributed by atoms with Crippen molar-refractivity contribution in [1.82, 2.24) is 4.31 Å². The Balaban J connectivity index is 1.93. The average molecular weight is 383 g/mol. The molecule has 8 nitrogen and oxygen atoms in total. The van der Waals surface area contributed by atoms with Crippen LogP contribution in [0.1, 0.15) is 39.0 Å². The minimum Gasteiger partial charge on any atom is -0.394 e. The average Bonchev–Trinajstić information content (AvgIpc) is 3.48. The number of piperidine rings is 1. The van der Waals surface area contributed by atoms with E-state index in [2.05, 4.69) is 5.32 Å². The zero-order valence-corrected chi connectivity index (χ0v) is 15.7. The van der Waals surface area contributed by atoms with E-state index in [1.807, 2.05) is 6.92 Å². The van der Waals surface area contributed by atoms with Crippen LogP contribution >= 0.6 is 0 Å². The van der Waals surface area contributed by atoms with Crippen LogP contribution in [0.5, 0.6) is 0 Å². The number of benzene rings is 1. The van der Waals surface area contributed by atoms with Crippen LogP contribution in [0.15, 0.2) is 23.1 Å². The number of aliphatic hydroxyl groups is 1. The van der Waals surface area contributed by atoms with Crippen LogP contribution in [0, 0.1) is 16.0 Å². The van der Waals surface area contributed by atoms with Gasteiger partial charge in [0.25, 0.3) is 5.69 Å². The number of nitro benzene ring substituents is 1. The van der Waals surface area contributed by atoms with Crippen molar-refractivity contribution in [2.24, 2.45) is 5.92 Å². The predicted molar refractivity (Wildman–Crippen MR) is 97.5 cm³/mol. The van der Waals surface area contributed by atoms with E-state index in [1.165, 1.54) is 16.4 Å². The van der Waals surface area contributed by atoms with Gasteiger partial charge in [-0.25, -0.2) is 8.42 Å². The number of hydrogen-bond donors (Lipinski definition) is 2. The smallest absolute Gasteiger partial charge is 0.293 e. The van der Waals surface area contributed by atoms with Crippen LogP contribution < -0.4 is 5.32 Å². The maximum atomic E-state index is 12.8. The second kappa shape index (κ2) is 7.13. The van der Waals surface area contributed by atoms with Gasteiger partial charge in [0.15, 0.2) is 0 Å². The Bertz CT molecular complexity index is 788. The molecule has 2 aliphatic rings. The minimum atomic E-state index is -3.74. The Morgan fingerprint density at radius 3 is 2.50 bits per heavy atom. The normalized spacial score (nSPS) is 21.2. The van der Waals surface area contributed by atoms with Gasteiger partial charge < -0.3 is 10.4 Å². The molecule has 26 heavy (non-hydrogen) atoms. The third kappa shape index (κ3) is 3.70. The fourth-order valence-corrected chi connectivity index (χ4v) is 5.02. The standard InChI is InChI=1S/C17H25N3O5S/c1-17(12-21,13-5-6-13)18-15-8-7-14(11-16(15)20(22)23)26(24,25)19-9-3-2-4-10-19/h7-8,11,13,18,21H,2-6,9-10,12H2,1H3. The minimum absolute atomic E-state index is 0.0613. The highest BCUT2D eigenvalue weighted by molar-refractivity contribution is 7.89. The quantitative estimate of drug-likeness (QED) is 0.552. The molecule has 2 N–H and O–H groups in total. The van der Waals surface area contributed by atoms with Crippen molar-refractivity contribution in [3.05, 3.63) is 28.3 Å². The molecule has 1 aliphatic carbocycles. The molecule has 0 aromatic heterocycles. The lowest BCUT2D eigenvalue weighted by atomic mass is 9.96. The van der Waals surface area contributed by atoms with Gasteiger partial charge in [-0.3, -0.25) is 10.1 Å². The lowest BCUT2D eigenvalue weighted by Crippen LogP contribution is -2.41. The fourth-order valence-electron chi connectivity index (χ4n) is 3.48. The van der Waals surface area contributed by atoms with Crippen LogP contribution in [-0.4, -0.2) is 48.0 Å². The molecule has 1 aromatic carbocycles. The van der Waals surface area contributed by atoms with Crippen LogP contribution in [-0.2, 0) is 10.0 Å². The first-order chi connectivity index (χ1) is 12.3. The zero-order valence-electron chi connectivity index (χ0n) is 14.8. The lowest BCUT2D eigenvalue weighted by molar-refractivity contribution is -0.384. The first-order valence-electron chi connectivity index (χ1n) is 8.95. The number of sulfonamides is 1. The molecule has 1 aliphatic heterocycles. The van der Waals surface area contributed by atoms with Crippen molar-refractivity contribution in [3.63, 3.8) is 0 Å². The highest BCUT2D eigenvalue weighted by Gasteiger charge is 2.42. The molecule has 0 radical (unpaired) electrons. The Morgan fingerprint density at radius 2 is 1.96 bits per heavy atom. The highest BCUT2D eigenvalue weighted by Crippen LogP contribution is 2.42. The van der Waals surface area contributed by atoms with Gasteiger partial charge in [-0.1, -0.05) is 6.42 Å². The molecule has 2 fully saturated rings. The summed E-state index contributed by atoms with van der Waals surface area (Å²) in [5, 5.41) is 24.3. The lowest BCUT2D eigenvalue weighted by Gasteiger charge is -2.30. The molecule has 1 saturated heterocycles. The summed E-state index contributed by atoms with van der Waals surface area (Å²) < 4.78 is 26.9. The molecular weight excluding hydrogens is 358 g/mol. The summed E-state index contributed by atoms with van der Waals surface area (Å²) in [6.07, 6.45) is 4.52. The third-order valence-electron chi connectivity index (χ3n) is 5.35. The van der Waals surface area contributed by atoms with Gasteiger partial charge >= 0.3 is 0 Å². The van der Waals surface area contributed by atoms with Crippen LogP contribution in [0.3, 0.4) is 0 Å². The van der Waals surface area contributed by atoms with Crippen molar-refractivity contribution in [1.29, 1.82) is 0 Å². The van der Waals surface area contributed by atoms with Gasteiger partial charge in [-0.15, -0.1) is 0 Å². The van der Waals surface area contributed by atoms with Crippen molar-refractivity contribution >= 4 is 21.4 Å². The molecule has 1 atom stereocenters. The molecule has 0 amide bonds. The highest BCUT2D eigenvalue weighted by atomic mass is 32.2. The molecule has 1 saturated carbocycles. The van der Waals surface area contributed by atoms with E-state index in [9.17, 15) is 23.6 Å². The summed E-state index contributed by atoms with van der Waals surface area (Å²) in [5.74, 6) is 0.254. The molecule has 9 heteroatoms. The number of nitrogens with zero attached hydrogens (tertiary/aromatic N) is 2. The van der Waals surface area contributed by atoms with E-state index >= 15 is 0 Å². The van der Waals surface area contributed by atoms with Gasteiger partial charge in [0.1, 0.15) is 5.69 Å². The second-order valence-corrected chi connectivity index (χ2v) is 9.31. The predicted octanol–water partition coefficient (Wildman–Crippen LogP) is 2.34. The maximum absolute atomic E-state index is 12.8. The van der Waals surface area contributed by atoms with E-state index < -0.39 is 20.5 Å². The summed E-state index contributed by atoms with van der Waals surface area (Å²) in [5.41, 5.74) is -0.711. The molecular formula is C17H25N3O5S. The number of anilines is 1. The monoisotopic (exact) mass is 383 g/mol. The van der Waals surface area contributed by atoms with Gasteiger partial charge in [0.2, 0.25) is 10.0 Å². The Morgan fingerprint density at radius 1 is 1.31 bits per heavy atom. The van der Waals surface area contributed by atoms with Crippen LogP contribution in [0.25, 0.3) is 0 Å². The largest absolute Gasteiger partial charge is 0.394 e. The van der Waals surface area contributed by atoms with E-state index in [1.54, 1.807) is 0 Å². The van der Waals surface area contributed by atoms with E-state index in [0.717, 1.165) is 38.2 Å². The zero-order chi connectivity index (χ0) is 18.9. The second-order valence-electron chi connectivity index (χ2n) is 7.38. The first kappa shape index (κ1) is 19.1. The summed E-state index contributed by atoms with van der Waals surface area (Å²) in [7, 11) is -3.74. The molecule has 1 aromatic rings. The SMILES string of the molecule is CC(CO)(Nc1ccc(S(=O)(=O)N2CCCCC2)cc1[N+](=O)[O-])C1CC1. The van der Waals surface area contributed by atoms with E-state index in [0.29, 0.717) is 13.1 Å². The molecule has 1 unspecified atom stereocenters. The van der Waals surface area contributed by atoms with Crippen molar-refractivity contribution < 1.29 is 18.4 Å². The molecule has 0 bridgehead atoms. The van der Waals surface area contributed by atoms with Gasteiger partial charge in [-0.2, -0.15) is 4.31 Å². The summed E-state index contributed by atoms with van der Waals surface area (Å²) in [6.45, 7) is 2.57. The van der Waals surface area contributed by atoms with Crippen LogP contribution in [0.4, 0.5) is 11.4 Å². The maximum Gasteiger partial charge on any atom is 0.293 e. The Kier molecular flexibility index (Phi) is 5.23. The number of nitrogens with one attached hydrogen (secondary N) is 1. The first-order valence-corrected chi connectivity index (χ1v) is 10.4. The topological polar surface area (TPSA) is 113 Å². The van der Waals surface area contributed by atoms with Gasteiger partial charge in [0.05, 0.1) is 22.0 Å². The van der Waals surface area contributed by atoms with Crippen molar-refractivity contribution in [2.75, 3.05) is 25.0 Å². The Labute approximate surface area is 153 Å².